The predicted molar refractivity (Wildman–Crippen MR) is 81.1 cm³/mol. The van der Waals surface area contributed by atoms with Crippen LogP contribution in [0.4, 0.5) is 0 Å². The normalized spacial score (nSPS) is 42.2. The van der Waals surface area contributed by atoms with Crippen LogP contribution in [0.3, 0.4) is 0 Å². The molecule has 20 heavy (non-hydrogen) atoms. The fourth-order valence-corrected chi connectivity index (χ4v) is 6.01. The van der Waals surface area contributed by atoms with E-state index in [-0.39, 0.29) is 11.5 Å². The molecule has 0 saturated heterocycles. The van der Waals surface area contributed by atoms with Crippen LogP contribution in [0, 0.1) is 22.7 Å². The Kier molecular flexibility index (Phi) is 3.39. The Morgan fingerprint density at radius 2 is 1.85 bits per heavy atom. The molecule has 4 aliphatic carbocycles. The summed E-state index contributed by atoms with van der Waals surface area (Å²) in [7, 11) is 0. The second-order valence-corrected chi connectivity index (χ2v) is 8.43. The molecule has 4 aliphatic rings. The van der Waals surface area contributed by atoms with Crippen LogP contribution in [0.25, 0.3) is 0 Å². The van der Waals surface area contributed by atoms with Crippen molar-refractivity contribution in [2.45, 2.75) is 65.3 Å². The molecule has 3 nitrogen and oxygen atoms in total. The van der Waals surface area contributed by atoms with E-state index >= 15 is 0 Å². The molecule has 0 spiro atoms. The Morgan fingerprint density at radius 3 is 2.30 bits per heavy atom. The zero-order valence-corrected chi connectivity index (χ0v) is 13.3. The number of rotatable bonds is 4. The van der Waals surface area contributed by atoms with Gasteiger partial charge < -0.3 is 10.6 Å². The lowest BCUT2D eigenvalue weighted by Crippen LogP contribution is -2.58. The molecular formula is C17H30N2O. The van der Waals surface area contributed by atoms with Crippen molar-refractivity contribution >= 4 is 5.91 Å². The highest BCUT2D eigenvalue weighted by Crippen LogP contribution is 2.65. The summed E-state index contributed by atoms with van der Waals surface area (Å²) in [5.41, 5.74) is 6.12. The van der Waals surface area contributed by atoms with Crippen LogP contribution in [-0.4, -0.2) is 29.9 Å². The highest BCUT2D eigenvalue weighted by Gasteiger charge is 2.59. The summed E-state index contributed by atoms with van der Waals surface area (Å²) >= 11 is 0. The fourth-order valence-electron chi connectivity index (χ4n) is 6.01. The van der Waals surface area contributed by atoms with Crippen LogP contribution >= 0.6 is 0 Å². The fraction of sp³-hybridized carbons (Fsp3) is 0.941. The zero-order chi connectivity index (χ0) is 14.5. The highest BCUT2D eigenvalue weighted by molar-refractivity contribution is 5.83. The monoisotopic (exact) mass is 278 g/mol. The molecule has 1 amide bonds. The Bertz CT molecular complexity index is 390. The summed E-state index contributed by atoms with van der Waals surface area (Å²) in [4.78, 5) is 15.3. The minimum atomic E-state index is -0.0434. The number of carbonyl (C=O) groups is 1. The van der Waals surface area contributed by atoms with Gasteiger partial charge in [-0.1, -0.05) is 6.92 Å². The van der Waals surface area contributed by atoms with Gasteiger partial charge in [0.1, 0.15) is 0 Å². The molecule has 0 aromatic heterocycles. The summed E-state index contributed by atoms with van der Waals surface area (Å²) in [5, 5.41) is 0. The molecule has 2 atom stereocenters. The Balaban J connectivity index is 1.86. The van der Waals surface area contributed by atoms with Crippen molar-refractivity contribution in [2.75, 3.05) is 13.1 Å². The first-order valence-corrected chi connectivity index (χ1v) is 8.39. The molecule has 114 valence electrons. The van der Waals surface area contributed by atoms with Crippen LogP contribution < -0.4 is 5.73 Å². The third kappa shape index (κ3) is 2.18. The number of nitrogens with two attached hydrogens (primary N) is 1. The maximum atomic E-state index is 13.2. The first kappa shape index (κ1) is 14.4. The Hall–Kier alpha value is -0.570. The Labute approximate surface area is 123 Å². The third-order valence-electron chi connectivity index (χ3n) is 6.06. The largest absolute Gasteiger partial charge is 0.339 e. The van der Waals surface area contributed by atoms with Gasteiger partial charge in [-0.15, -0.1) is 0 Å². The van der Waals surface area contributed by atoms with E-state index in [9.17, 15) is 4.79 Å². The summed E-state index contributed by atoms with van der Waals surface area (Å²) in [6, 6.07) is 0.270. The lowest BCUT2D eigenvalue weighted by Gasteiger charge is -2.61. The molecule has 4 saturated carbocycles. The third-order valence-corrected chi connectivity index (χ3v) is 6.06. The van der Waals surface area contributed by atoms with E-state index in [2.05, 4.69) is 25.7 Å². The molecular weight excluding hydrogens is 248 g/mol. The first-order chi connectivity index (χ1) is 9.37. The van der Waals surface area contributed by atoms with Gasteiger partial charge >= 0.3 is 0 Å². The summed E-state index contributed by atoms with van der Waals surface area (Å²) in [5.74, 6) is 2.02. The average molecular weight is 278 g/mol. The highest BCUT2D eigenvalue weighted by atomic mass is 16.2. The van der Waals surface area contributed by atoms with Crippen molar-refractivity contribution in [2.24, 2.45) is 28.4 Å². The van der Waals surface area contributed by atoms with E-state index < -0.39 is 0 Å². The maximum Gasteiger partial charge on any atom is 0.229 e. The molecule has 2 N–H and O–H groups in total. The van der Waals surface area contributed by atoms with E-state index in [0.717, 1.165) is 31.1 Å². The van der Waals surface area contributed by atoms with Gasteiger partial charge in [0.05, 0.1) is 5.41 Å². The quantitative estimate of drug-likeness (QED) is 0.859. The van der Waals surface area contributed by atoms with Gasteiger partial charge in [-0.2, -0.15) is 0 Å². The molecule has 4 rings (SSSR count). The number of amides is 1. The molecule has 0 radical (unpaired) electrons. The van der Waals surface area contributed by atoms with Gasteiger partial charge in [0.15, 0.2) is 0 Å². The number of hydrogen-bond acceptors (Lipinski definition) is 2. The van der Waals surface area contributed by atoms with Crippen LogP contribution in [-0.2, 0) is 4.79 Å². The van der Waals surface area contributed by atoms with Crippen LogP contribution in [0.5, 0.6) is 0 Å². The number of carbonyl (C=O) groups excluding carboxylic acids is 1. The van der Waals surface area contributed by atoms with Crippen molar-refractivity contribution in [3.63, 3.8) is 0 Å². The van der Waals surface area contributed by atoms with Crippen molar-refractivity contribution in [1.82, 2.24) is 4.90 Å². The van der Waals surface area contributed by atoms with Crippen molar-refractivity contribution in [3.8, 4) is 0 Å². The Morgan fingerprint density at radius 1 is 1.25 bits per heavy atom. The molecule has 0 heterocycles. The lowest BCUT2D eigenvalue weighted by molar-refractivity contribution is -0.167. The second kappa shape index (κ2) is 4.72. The first-order valence-electron chi connectivity index (χ1n) is 8.39. The maximum absolute atomic E-state index is 13.2. The van der Waals surface area contributed by atoms with Crippen LogP contribution in [0.2, 0.25) is 0 Å². The van der Waals surface area contributed by atoms with E-state index in [1.165, 1.54) is 19.3 Å². The van der Waals surface area contributed by atoms with Crippen molar-refractivity contribution < 1.29 is 4.79 Å². The SMILES string of the molecule is CC(C)N(CCN)C(=O)C12CC3CC(CC(C)(C3)C1)C2. The molecule has 2 unspecified atom stereocenters. The smallest absolute Gasteiger partial charge is 0.229 e. The van der Waals surface area contributed by atoms with E-state index in [0.29, 0.717) is 24.4 Å². The standard InChI is InChI=1S/C17H30N2O/c1-12(2)19(5-4-18)15(20)17-9-13-6-14(10-17)8-16(3,7-13)11-17/h12-14H,4-11,18H2,1-3H3. The zero-order valence-electron chi connectivity index (χ0n) is 13.3. The van der Waals surface area contributed by atoms with Gasteiger partial charge in [0.25, 0.3) is 0 Å². The summed E-state index contributed by atoms with van der Waals surface area (Å²) in [6.45, 7) is 7.95. The van der Waals surface area contributed by atoms with Crippen molar-refractivity contribution in [1.29, 1.82) is 0 Å². The topological polar surface area (TPSA) is 46.3 Å². The molecule has 4 fully saturated rings. The van der Waals surface area contributed by atoms with Gasteiger partial charge in [-0.05, 0) is 69.6 Å². The van der Waals surface area contributed by atoms with Crippen LogP contribution in [0.15, 0.2) is 0 Å². The van der Waals surface area contributed by atoms with Gasteiger partial charge in [0.2, 0.25) is 5.91 Å². The molecule has 3 heteroatoms. The van der Waals surface area contributed by atoms with E-state index in [1.807, 2.05) is 0 Å². The molecule has 0 aromatic carbocycles. The molecule has 0 aromatic rings. The average Bonchev–Trinajstić information content (AvgIpc) is 2.31. The van der Waals surface area contributed by atoms with Gasteiger partial charge in [0, 0.05) is 19.1 Å². The van der Waals surface area contributed by atoms with Gasteiger partial charge in [-0.25, -0.2) is 0 Å². The summed E-state index contributed by atoms with van der Waals surface area (Å²) < 4.78 is 0. The van der Waals surface area contributed by atoms with E-state index in [4.69, 9.17) is 5.73 Å². The second-order valence-electron chi connectivity index (χ2n) is 8.43. The van der Waals surface area contributed by atoms with E-state index in [1.54, 1.807) is 0 Å². The minimum absolute atomic E-state index is 0.0434. The lowest BCUT2D eigenvalue weighted by atomic mass is 9.44. The molecule has 4 bridgehead atoms. The summed E-state index contributed by atoms with van der Waals surface area (Å²) in [6.07, 6.45) is 7.51. The predicted octanol–water partition coefficient (Wildman–Crippen LogP) is 2.79. The number of nitrogens with zero attached hydrogens (tertiary/aromatic N) is 1. The van der Waals surface area contributed by atoms with Crippen LogP contribution in [0.1, 0.15) is 59.3 Å². The number of hydrogen-bond donors (Lipinski definition) is 1. The van der Waals surface area contributed by atoms with Gasteiger partial charge in [-0.3, -0.25) is 4.79 Å². The minimum Gasteiger partial charge on any atom is -0.339 e. The molecule has 0 aliphatic heterocycles. The van der Waals surface area contributed by atoms with Crippen molar-refractivity contribution in [3.05, 3.63) is 0 Å².